The molecule has 0 aliphatic heterocycles. The number of aliphatic imine (C=N–C) groups is 1. The van der Waals surface area contributed by atoms with Crippen LogP contribution in [-0.2, 0) is 10.3 Å². The Bertz CT molecular complexity index is 526. The molecule has 0 unspecified atom stereocenters. The molecule has 18 heavy (non-hydrogen) atoms. The Labute approximate surface area is 111 Å². The van der Waals surface area contributed by atoms with E-state index in [1.807, 2.05) is 20.8 Å². The zero-order chi connectivity index (χ0) is 13.5. The summed E-state index contributed by atoms with van der Waals surface area (Å²) in [7, 11) is 0. The molecule has 96 valence electrons. The van der Waals surface area contributed by atoms with Gasteiger partial charge in [-0.25, -0.2) is 4.79 Å². The van der Waals surface area contributed by atoms with Crippen LogP contribution in [0.5, 0.6) is 5.75 Å². The molecule has 1 aliphatic rings. The monoisotopic (exact) mass is 265 g/mol. The summed E-state index contributed by atoms with van der Waals surface area (Å²) in [5.74, 6) is 0.216. The lowest BCUT2D eigenvalue weighted by Gasteiger charge is -2.39. The number of aromatic hydroxyl groups is 1. The number of carbonyl (C=O) groups excluding carboxylic acids is 1. The number of hydrogen-bond acceptors (Lipinski definition) is 3. The topological polar surface area (TPSA) is 49.7 Å². The van der Waals surface area contributed by atoms with Gasteiger partial charge >= 0.3 is 0 Å². The maximum absolute atomic E-state index is 10.6. The minimum Gasteiger partial charge on any atom is -0.507 e. The molecule has 2 rings (SSSR count). The highest BCUT2D eigenvalue weighted by molar-refractivity contribution is 6.32. The van der Waals surface area contributed by atoms with Crippen LogP contribution >= 0.6 is 11.6 Å². The summed E-state index contributed by atoms with van der Waals surface area (Å²) in [4.78, 5) is 14.6. The van der Waals surface area contributed by atoms with Crippen molar-refractivity contribution in [3.05, 3.63) is 27.3 Å². The van der Waals surface area contributed by atoms with Gasteiger partial charge in [-0.3, -0.25) is 0 Å². The van der Waals surface area contributed by atoms with E-state index >= 15 is 0 Å². The quantitative estimate of drug-likeness (QED) is 0.655. The second-order valence-electron chi connectivity index (χ2n) is 5.00. The van der Waals surface area contributed by atoms with Gasteiger partial charge in [0.15, 0.2) is 0 Å². The van der Waals surface area contributed by atoms with Crippen molar-refractivity contribution in [2.24, 2.45) is 4.99 Å². The highest BCUT2D eigenvalue weighted by atomic mass is 35.5. The van der Waals surface area contributed by atoms with Crippen LogP contribution in [0.15, 0.2) is 4.99 Å². The molecule has 4 heteroatoms. The number of benzene rings is 1. The molecule has 0 bridgehead atoms. The molecule has 0 radical (unpaired) electrons. The van der Waals surface area contributed by atoms with Gasteiger partial charge in [-0.2, -0.15) is 4.99 Å². The lowest BCUT2D eigenvalue weighted by Crippen LogP contribution is -2.33. The molecule has 1 saturated carbocycles. The summed E-state index contributed by atoms with van der Waals surface area (Å²) in [5.41, 5.74) is 2.53. The van der Waals surface area contributed by atoms with E-state index in [2.05, 4.69) is 4.99 Å². The maximum Gasteiger partial charge on any atom is 0.235 e. The van der Waals surface area contributed by atoms with E-state index in [0.29, 0.717) is 10.6 Å². The predicted molar refractivity (Wildman–Crippen MR) is 71.0 cm³/mol. The van der Waals surface area contributed by atoms with Crippen molar-refractivity contribution in [2.75, 3.05) is 0 Å². The third-order valence-electron chi connectivity index (χ3n) is 4.09. The van der Waals surface area contributed by atoms with Crippen LogP contribution in [0.4, 0.5) is 0 Å². The molecule has 0 heterocycles. The maximum atomic E-state index is 10.6. The van der Waals surface area contributed by atoms with Crippen LogP contribution in [0.2, 0.25) is 5.02 Å². The van der Waals surface area contributed by atoms with E-state index in [1.165, 1.54) is 0 Å². The Morgan fingerprint density at radius 1 is 1.22 bits per heavy atom. The molecule has 1 N–H and O–H groups in total. The molecule has 0 atom stereocenters. The van der Waals surface area contributed by atoms with E-state index < -0.39 is 5.54 Å². The molecule has 0 aromatic heterocycles. The van der Waals surface area contributed by atoms with Crippen LogP contribution in [-0.4, -0.2) is 11.2 Å². The molecular weight excluding hydrogens is 250 g/mol. The summed E-state index contributed by atoms with van der Waals surface area (Å²) < 4.78 is 0. The molecule has 1 aliphatic carbocycles. The number of nitrogens with zero attached hydrogens (tertiary/aromatic N) is 1. The SMILES string of the molecule is Cc1c(C)c(Cl)c(C)c(C2(N=C=O)CCC2)c1O. The summed E-state index contributed by atoms with van der Waals surface area (Å²) in [6.45, 7) is 5.57. The lowest BCUT2D eigenvalue weighted by atomic mass is 9.70. The van der Waals surface area contributed by atoms with Crippen LogP contribution in [0.25, 0.3) is 0 Å². The largest absolute Gasteiger partial charge is 0.507 e. The number of halogens is 1. The lowest BCUT2D eigenvalue weighted by molar-refractivity contribution is 0.246. The van der Waals surface area contributed by atoms with Crippen LogP contribution in [0.1, 0.15) is 41.5 Å². The first-order valence-corrected chi connectivity index (χ1v) is 6.40. The average Bonchev–Trinajstić information content (AvgIpc) is 2.31. The number of hydrogen-bond donors (Lipinski definition) is 1. The fourth-order valence-electron chi connectivity index (χ4n) is 2.68. The third kappa shape index (κ3) is 1.66. The molecular formula is C14H16ClNO2. The fourth-order valence-corrected chi connectivity index (χ4v) is 2.92. The molecule has 0 saturated heterocycles. The summed E-state index contributed by atoms with van der Waals surface area (Å²) >= 11 is 6.30. The Balaban J connectivity index is 2.75. The highest BCUT2D eigenvalue weighted by Gasteiger charge is 2.43. The third-order valence-corrected chi connectivity index (χ3v) is 4.66. The van der Waals surface area contributed by atoms with Crippen molar-refractivity contribution in [1.29, 1.82) is 0 Å². The minimum atomic E-state index is -0.613. The first kappa shape index (κ1) is 13.1. The summed E-state index contributed by atoms with van der Waals surface area (Å²) in [6, 6.07) is 0. The summed E-state index contributed by atoms with van der Waals surface area (Å²) in [5, 5.41) is 11.0. The van der Waals surface area contributed by atoms with Crippen molar-refractivity contribution in [2.45, 2.75) is 45.6 Å². The van der Waals surface area contributed by atoms with Crippen LogP contribution in [0.3, 0.4) is 0 Å². The van der Waals surface area contributed by atoms with Gasteiger partial charge in [0.05, 0.1) is 0 Å². The summed E-state index contributed by atoms with van der Waals surface area (Å²) in [6.07, 6.45) is 4.15. The Hall–Kier alpha value is -1.31. The number of phenols is 1. The Morgan fingerprint density at radius 2 is 1.83 bits per heavy atom. The highest BCUT2D eigenvalue weighted by Crippen LogP contribution is 2.51. The van der Waals surface area contributed by atoms with Crippen LogP contribution in [0, 0.1) is 20.8 Å². The molecule has 0 spiro atoms. The smallest absolute Gasteiger partial charge is 0.235 e. The number of isocyanates is 1. The van der Waals surface area contributed by atoms with Gasteiger partial charge < -0.3 is 5.11 Å². The van der Waals surface area contributed by atoms with Crippen molar-refractivity contribution < 1.29 is 9.90 Å². The average molecular weight is 266 g/mol. The van der Waals surface area contributed by atoms with Crippen LogP contribution < -0.4 is 0 Å². The van der Waals surface area contributed by atoms with E-state index in [0.717, 1.165) is 36.0 Å². The standard InChI is InChI=1S/C14H16ClNO2/c1-8-9(2)13(18)11(10(3)12(8)15)14(16-7-17)5-4-6-14/h18H,4-6H2,1-3H3. The zero-order valence-electron chi connectivity index (χ0n) is 10.8. The number of phenolic OH excluding ortho intramolecular Hbond substituents is 1. The minimum absolute atomic E-state index is 0.216. The van der Waals surface area contributed by atoms with Gasteiger partial charge in [-0.05, 0) is 56.7 Å². The van der Waals surface area contributed by atoms with Gasteiger partial charge in [0.1, 0.15) is 11.3 Å². The van der Waals surface area contributed by atoms with E-state index in [9.17, 15) is 9.90 Å². The first-order valence-electron chi connectivity index (χ1n) is 6.02. The van der Waals surface area contributed by atoms with Gasteiger partial charge in [-0.1, -0.05) is 11.6 Å². The molecule has 3 nitrogen and oxygen atoms in total. The second kappa shape index (κ2) is 4.42. The van der Waals surface area contributed by atoms with E-state index in [1.54, 1.807) is 6.08 Å². The van der Waals surface area contributed by atoms with E-state index in [-0.39, 0.29) is 5.75 Å². The van der Waals surface area contributed by atoms with Gasteiger partial charge in [0.2, 0.25) is 6.08 Å². The molecule has 1 fully saturated rings. The second-order valence-corrected chi connectivity index (χ2v) is 5.38. The zero-order valence-corrected chi connectivity index (χ0v) is 11.6. The normalized spacial score (nSPS) is 16.9. The van der Waals surface area contributed by atoms with E-state index in [4.69, 9.17) is 11.6 Å². The van der Waals surface area contributed by atoms with Crippen molar-refractivity contribution in [3.8, 4) is 5.75 Å². The first-order chi connectivity index (χ1) is 8.44. The van der Waals surface area contributed by atoms with Gasteiger partial charge in [-0.15, -0.1) is 0 Å². The van der Waals surface area contributed by atoms with Crippen molar-refractivity contribution in [1.82, 2.24) is 0 Å². The fraction of sp³-hybridized carbons (Fsp3) is 0.500. The molecule has 1 aromatic rings. The predicted octanol–water partition coefficient (Wildman–Crippen LogP) is 3.69. The molecule has 0 amide bonds. The van der Waals surface area contributed by atoms with Gasteiger partial charge in [0.25, 0.3) is 0 Å². The van der Waals surface area contributed by atoms with Gasteiger partial charge in [0, 0.05) is 10.6 Å². The molecule has 1 aromatic carbocycles. The Kier molecular flexibility index (Phi) is 3.22. The number of rotatable bonds is 2. The Morgan fingerprint density at radius 3 is 2.28 bits per heavy atom. The van der Waals surface area contributed by atoms with Crippen molar-refractivity contribution >= 4 is 17.7 Å². The van der Waals surface area contributed by atoms with Crippen molar-refractivity contribution in [3.63, 3.8) is 0 Å².